The summed E-state index contributed by atoms with van der Waals surface area (Å²) in [5, 5.41) is 5.47. The molecule has 0 heterocycles. The van der Waals surface area contributed by atoms with Crippen molar-refractivity contribution in [1.29, 1.82) is 0 Å². The maximum absolute atomic E-state index is 11.9. The minimum absolute atomic E-state index is 0.0463. The van der Waals surface area contributed by atoms with Gasteiger partial charge in [-0.15, -0.1) is 0 Å². The SMILES string of the molecule is CCOC(=O)C(C)NC(=O)N[C@@H]1CCc2cc(N)ccc21. The molecule has 0 spiro atoms. The molecule has 1 aliphatic carbocycles. The Hall–Kier alpha value is -2.24. The van der Waals surface area contributed by atoms with E-state index in [4.69, 9.17) is 10.5 Å². The van der Waals surface area contributed by atoms with Crippen molar-refractivity contribution in [3.05, 3.63) is 29.3 Å². The van der Waals surface area contributed by atoms with Gasteiger partial charge in [-0.3, -0.25) is 0 Å². The zero-order valence-electron chi connectivity index (χ0n) is 12.3. The van der Waals surface area contributed by atoms with Crippen LogP contribution in [0.4, 0.5) is 10.5 Å². The molecular weight excluding hydrogens is 270 g/mol. The Morgan fingerprint density at radius 3 is 2.95 bits per heavy atom. The van der Waals surface area contributed by atoms with Gasteiger partial charge in [0.15, 0.2) is 0 Å². The maximum Gasteiger partial charge on any atom is 0.328 e. The number of fused-ring (bicyclic) bond motifs is 1. The Bertz CT molecular complexity index is 545. The second kappa shape index (κ2) is 6.47. The van der Waals surface area contributed by atoms with Crippen molar-refractivity contribution in [2.45, 2.75) is 38.8 Å². The first-order valence-corrected chi connectivity index (χ1v) is 7.13. The largest absolute Gasteiger partial charge is 0.464 e. The number of anilines is 1. The molecule has 1 aromatic rings. The molecule has 114 valence electrons. The Morgan fingerprint density at radius 1 is 1.48 bits per heavy atom. The number of aryl methyl sites for hydroxylation is 1. The molecule has 0 aliphatic heterocycles. The third-order valence-corrected chi connectivity index (χ3v) is 3.54. The van der Waals surface area contributed by atoms with E-state index in [0.29, 0.717) is 6.61 Å². The number of nitrogens with two attached hydrogens (primary N) is 1. The van der Waals surface area contributed by atoms with Gasteiger partial charge < -0.3 is 21.1 Å². The zero-order chi connectivity index (χ0) is 15.4. The number of nitrogens with one attached hydrogen (secondary N) is 2. The lowest BCUT2D eigenvalue weighted by atomic mass is 10.1. The molecule has 6 heteroatoms. The average molecular weight is 291 g/mol. The number of rotatable bonds is 4. The average Bonchev–Trinajstić information content (AvgIpc) is 2.81. The van der Waals surface area contributed by atoms with Crippen LogP contribution in [-0.4, -0.2) is 24.6 Å². The van der Waals surface area contributed by atoms with E-state index in [1.807, 2.05) is 18.2 Å². The number of amides is 2. The van der Waals surface area contributed by atoms with Gasteiger partial charge in [-0.05, 0) is 49.9 Å². The molecule has 2 amide bonds. The number of nitrogen functional groups attached to an aromatic ring is 1. The second-order valence-electron chi connectivity index (χ2n) is 5.14. The smallest absolute Gasteiger partial charge is 0.328 e. The lowest BCUT2D eigenvalue weighted by Crippen LogP contribution is -2.45. The van der Waals surface area contributed by atoms with E-state index in [9.17, 15) is 9.59 Å². The zero-order valence-corrected chi connectivity index (χ0v) is 12.3. The molecule has 1 aliphatic rings. The van der Waals surface area contributed by atoms with Crippen LogP contribution >= 0.6 is 0 Å². The molecular formula is C15H21N3O3. The predicted octanol–water partition coefficient (Wildman–Crippen LogP) is 1.51. The number of hydrogen-bond donors (Lipinski definition) is 3. The number of hydrogen-bond acceptors (Lipinski definition) is 4. The standard InChI is InChI=1S/C15H21N3O3/c1-3-21-14(19)9(2)17-15(20)18-13-7-4-10-8-11(16)5-6-12(10)13/h5-6,8-9,13H,3-4,7,16H2,1-2H3,(H2,17,18,20)/t9?,13-/m1/s1. The lowest BCUT2D eigenvalue weighted by molar-refractivity contribution is -0.144. The van der Waals surface area contributed by atoms with Crippen molar-refractivity contribution in [1.82, 2.24) is 10.6 Å². The second-order valence-corrected chi connectivity index (χ2v) is 5.14. The molecule has 0 aromatic heterocycles. The third-order valence-electron chi connectivity index (χ3n) is 3.54. The van der Waals surface area contributed by atoms with Crippen LogP contribution in [0.2, 0.25) is 0 Å². The minimum atomic E-state index is -0.669. The summed E-state index contributed by atoms with van der Waals surface area (Å²) in [5.74, 6) is -0.438. The molecule has 0 saturated carbocycles. The van der Waals surface area contributed by atoms with Crippen molar-refractivity contribution in [3.63, 3.8) is 0 Å². The topological polar surface area (TPSA) is 93.4 Å². The van der Waals surface area contributed by atoms with Gasteiger partial charge in [0.1, 0.15) is 6.04 Å². The Labute approximate surface area is 124 Å². The van der Waals surface area contributed by atoms with Gasteiger partial charge in [0.2, 0.25) is 0 Å². The van der Waals surface area contributed by atoms with E-state index in [-0.39, 0.29) is 12.1 Å². The number of benzene rings is 1. The minimum Gasteiger partial charge on any atom is -0.464 e. The first-order chi connectivity index (χ1) is 10.0. The molecule has 0 saturated heterocycles. The fourth-order valence-corrected chi connectivity index (χ4v) is 2.51. The highest BCUT2D eigenvalue weighted by Gasteiger charge is 2.25. The summed E-state index contributed by atoms with van der Waals surface area (Å²) in [6, 6.07) is 4.63. The summed E-state index contributed by atoms with van der Waals surface area (Å²) in [4.78, 5) is 23.4. The van der Waals surface area contributed by atoms with Crippen LogP contribution in [0.25, 0.3) is 0 Å². The maximum atomic E-state index is 11.9. The fourth-order valence-electron chi connectivity index (χ4n) is 2.51. The number of carbonyl (C=O) groups is 2. The Balaban J connectivity index is 1.92. The van der Waals surface area contributed by atoms with E-state index in [1.165, 1.54) is 5.56 Å². The van der Waals surface area contributed by atoms with Crippen LogP contribution in [0.5, 0.6) is 0 Å². The van der Waals surface area contributed by atoms with Gasteiger partial charge in [-0.2, -0.15) is 0 Å². The Morgan fingerprint density at radius 2 is 2.24 bits per heavy atom. The molecule has 2 rings (SSSR count). The Kier molecular flexibility index (Phi) is 4.67. The number of urea groups is 1. The van der Waals surface area contributed by atoms with Crippen LogP contribution in [-0.2, 0) is 16.0 Å². The van der Waals surface area contributed by atoms with Gasteiger partial charge in [0.25, 0.3) is 0 Å². The van der Waals surface area contributed by atoms with Crippen molar-refractivity contribution in [2.24, 2.45) is 0 Å². The van der Waals surface area contributed by atoms with Crippen molar-refractivity contribution in [3.8, 4) is 0 Å². The summed E-state index contributed by atoms with van der Waals surface area (Å²) in [6.07, 6.45) is 1.72. The van der Waals surface area contributed by atoms with Crippen LogP contribution < -0.4 is 16.4 Å². The van der Waals surface area contributed by atoms with Crippen molar-refractivity contribution in [2.75, 3.05) is 12.3 Å². The quantitative estimate of drug-likeness (QED) is 0.579. The first-order valence-electron chi connectivity index (χ1n) is 7.13. The molecule has 1 aromatic carbocycles. The summed E-state index contributed by atoms with van der Waals surface area (Å²) < 4.78 is 4.85. The molecule has 21 heavy (non-hydrogen) atoms. The molecule has 0 radical (unpaired) electrons. The molecule has 0 fully saturated rings. The molecule has 6 nitrogen and oxygen atoms in total. The van der Waals surface area contributed by atoms with Gasteiger partial charge in [-0.25, -0.2) is 9.59 Å². The van der Waals surface area contributed by atoms with Crippen LogP contribution in [0, 0.1) is 0 Å². The lowest BCUT2D eigenvalue weighted by Gasteiger charge is -2.17. The summed E-state index contributed by atoms with van der Waals surface area (Å²) in [7, 11) is 0. The normalized spacial score (nSPS) is 17.7. The summed E-state index contributed by atoms with van der Waals surface area (Å²) in [5.41, 5.74) is 8.74. The van der Waals surface area contributed by atoms with E-state index >= 15 is 0 Å². The monoisotopic (exact) mass is 291 g/mol. The van der Waals surface area contributed by atoms with Crippen LogP contribution in [0.15, 0.2) is 18.2 Å². The van der Waals surface area contributed by atoms with E-state index in [1.54, 1.807) is 13.8 Å². The number of esters is 1. The predicted molar refractivity (Wildman–Crippen MR) is 79.7 cm³/mol. The molecule has 1 unspecified atom stereocenters. The van der Waals surface area contributed by atoms with Crippen molar-refractivity contribution < 1.29 is 14.3 Å². The van der Waals surface area contributed by atoms with Crippen LogP contribution in [0.3, 0.4) is 0 Å². The van der Waals surface area contributed by atoms with Gasteiger partial charge in [0, 0.05) is 5.69 Å². The van der Waals surface area contributed by atoms with Gasteiger partial charge in [0.05, 0.1) is 12.6 Å². The first kappa shape index (κ1) is 15.2. The highest BCUT2D eigenvalue weighted by Crippen LogP contribution is 2.32. The fraction of sp³-hybridized carbons (Fsp3) is 0.467. The third kappa shape index (κ3) is 3.65. The highest BCUT2D eigenvalue weighted by atomic mass is 16.5. The van der Waals surface area contributed by atoms with E-state index in [2.05, 4.69) is 10.6 Å². The van der Waals surface area contributed by atoms with Gasteiger partial charge in [-0.1, -0.05) is 6.07 Å². The summed E-state index contributed by atoms with van der Waals surface area (Å²) in [6.45, 7) is 3.62. The van der Waals surface area contributed by atoms with Crippen LogP contribution in [0.1, 0.15) is 37.4 Å². The van der Waals surface area contributed by atoms with Crippen molar-refractivity contribution >= 4 is 17.7 Å². The number of carbonyl (C=O) groups excluding carboxylic acids is 2. The summed E-state index contributed by atoms with van der Waals surface area (Å²) >= 11 is 0. The number of ether oxygens (including phenoxy) is 1. The molecule has 0 bridgehead atoms. The van der Waals surface area contributed by atoms with Gasteiger partial charge >= 0.3 is 12.0 Å². The molecule has 2 atom stereocenters. The van der Waals surface area contributed by atoms with E-state index in [0.717, 1.165) is 24.1 Å². The highest BCUT2D eigenvalue weighted by molar-refractivity contribution is 5.83. The molecule has 4 N–H and O–H groups in total. The van der Waals surface area contributed by atoms with E-state index < -0.39 is 12.0 Å².